The minimum Gasteiger partial charge on any atom is -0.388 e. The van der Waals surface area contributed by atoms with Crippen molar-refractivity contribution in [2.24, 2.45) is 11.8 Å². The smallest absolute Gasteiger partial charge is 0.255 e. The van der Waals surface area contributed by atoms with Crippen LogP contribution in [0.3, 0.4) is 0 Å². The Morgan fingerprint density at radius 1 is 1.08 bits per heavy atom. The zero-order chi connectivity index (χ0) is 27.3. The highest BCUT2D eigenvalue weighted by atomic mass is 16.3. The minimum atomic E-state index is -0.953. The van der Waals surface area contributed by atoms with E-state index < -0.39 is 5.60 Å². The third-order valence-electron chi connectivity index (χ3n) is 8.82. The predicted molar refractivity (Wildman–Crippen MR) is 154 cm³/mol. The monoisotopic (exact) mass is 521 g/mol. The van der Waals surface area contributed by atoms with Crippen LogP contribution in [-0.2, 0) is 6.54 Å². The molecule has 2 heterocycles. The lowest BCUT2D eigenvalue weighted by Crippen LogP contribution is -2.49. The standard InChI is InChI=1S/C32H47N3O3/c1-24(2)33(4)31(37)29-22-35(30(36)20-28(29)27-13-9-6-10-14-27)23-32(38)15-17-34(18-16-32)21-25(3)19-26-11-7-5-8-12-26/h6,9-10,13-14,20,22,24-26,38H,5,7-8,11-12,15-19,21,23H2,1-4H3/t25-/m1/s1. The van der Waals surface area contributed by atoms with Crippen LogP contribution in [0.25, 0.3) is 11.1 Å². The van der Waals surface area contributed by atoms with Crippen molar-refractivity contribution in [2.75, 3.05) is 26.7 Å². The Kier molecular flexibility index (Phi) is 9.48. The maximum Gasteiger partial charge on any atom is 0.255 e. The van der Waals surface area contributed by atoms with E-state index in [2.05, 4.69) is 11.8 Å². The Labute approximate surface area is 228 Å². The van der Waals surface area contributed by atoms with E-state index in [1.165, 1.54) is 38.5 Å². The molecule has 4 rings (SSSR count). The molecule has 6 nitrogen and oxygen atoms in total. The SMILES string of the molecule is CC(C)N(C)C(=O)c1cn(CC2(O)CCN(C[C@H](C)CC3CCCCC3)CC2)c(=O)cc1-c1ccccc1. The number of likely N-dealkylation sites (tertiary alicyclic amines) is 1. The van der Waals surface area contributed by atoms with Gasteiger partial charge in [0.15, 0.2) is 0 Å². The first-order chi connectivity index (χ1) is 18.1. The normalized spacial score (nSPS) is 19.4. The maximum atomic E-state index is 13.4. The van der Waals surface area contributed by atoms with Gasteiger partial charge in [-0.1, -0.05) is 69.4 Å². The summed E-state index contributed by atoms with van der Waals surface area (Å²) in [4.78, 5) is 30.8. The highest BCUT2D eigenvalue weighted by molar-refractivity contribution is 6.00. The van der Waals surface area contributed by atoms with Crippen LogP contribution >= 0.6 is 0 Å². The molecule has 1 saturated carbocycles. The number of carbonyl (C=O) groups is 1. The predicted octanol–water partition coefficient (Wildman–Crippen LogP) is 5.43. The van der Waals surface area contributed by atoms with Gasteiger partial charge in [0.05, 0.1) is 17.7 Å². The molecule has 2 aromatic rings. The molecule has 0 spiro atoms. The molecule has 1 atom stereocenters. The molecule has 1 aliphatic carbocycles. The van der Waals surface area contributed by atoms with Gasteiger partial charge in [-0.25, -0.2) is 0 Å². The van der Waals surface area contributed by atoms with Gasteiger partial charge in [0, 0.05) is 50.6 Å². The number of nitrogens with zero attached hydrogens (tertiary/aromatic N) is 3. The first-order valence-corrected chi connectivity index (χ1v) is 14.7. The van der Waals surface area contributed by atoms with E-state index in [1.54, 1.807) is 28.8 Å². The second-order valence-corrected chi connectivity index (χ2v) is 12.3. The molecule has 2 fully saturated rings. The van der Waals surface area contributed by atoms with Gasteiger partial charge in [-0.15, -0.1) is 0 Å². The van der Waals surface area contributed by atoms with Crippen LogP contribution in [0, 0.1) is 11.8 Å². The summed E-state index contributed by atoms with van der Waals surface area (Å²) in [5.74, 6) is 1.43. The average molecular weight is 522 g/mol. The molecule has 1 amide bonds. The number of aromatic nitrogens is 1. The zero-order valence-corrected chi connectivity index (χ0v) is 23.9. The van der Waals surface area contributed by atoms with E-state index in [0.29, 0.717) is 29.9 Å². The lowest BCUT2D eigenvalue weighted by Gasteiger charge is -2.40. The summed E-state index contributed by atoms with van der Waals surface area (Å²) in [6.45, 7) is 9.28. The highest BCUT2D eigenvalue weighted by Gasteiger charge is 2.34. The number of benzene rings is 1. The molecule has 1 N–H and O–H groups in total. The molecule has 0 bridgehead atoms. The molecule has 208 valence electrons. The summed E-state index contributed by atoms with van der Waals surface area (Å²) in [5.41, 5.74) is 0.824. The number of carbonyl (C=O) groups excluding carboxylic acids is 1. The van der Waals surface area contributed by atoms with Gasteiger partial charge < -0.3 is 19.5 Å². The molecule has 1 saturated heterocycles. The number of pyridine rings is 1. The molecular formula is C32H47N3O3. The molecule has 1 aromatic heterocycles. The van der Waals surface area contributed by atoms with Gasteiger partial charge in [0.2, 0.25) is 0 Å². The number of amides is 1. The molecule has 1 aromatic carbocycles. The topological polar surface area (TPSA) is 65.8 Å². The van der Waals surface area contributed by atoms with Crippen LogP contribution in [0.1, 0.15) is 82.5 Å². The molecule has 0 unspecified atom stereocenters. The third-order valence-corrected chi connectivity index (χ3v) is 8.82. The summed E-state index contributed by atoms with van der Waals surface area (Å²) in [6.07, 6.45) is 11.2. The number of hydrogen-bond acceptors (Lipinski definition) is 4. The van der Waals surface area contributed by atoms with Crippen molar-refractivity contribution in [3.63, 3.8) is 0 Å². The first-order valence-electron chi connectivity index (χ1n) is 14.7. The molecule has 1 aliphatic heterocycles. The number of rotatable bonds is 9. The van der Waals surface area contributed by atoms with E-state index in [0.717, 1.165) is 31.1 Å². The van der Waals surface area contributed by atoms with Crippen molar-refractivity contribution in [2.45, 2.75) is 90.3 Å². The summed E-state index contributed by atoms with van der Waals surface area (Å²) >= 11 is 0. The van der Waals surface area contributed by atoms with Crippen molar-refractivity contribution >= 4 is 5.91 Å². The van der Waals surface area contributed by atoms with E-state index in [1.807, 2.05) is 44.2 Å². The fourth-order valence-electron chi connectivity index (χ4n) is 6.28. The van der Waals surface area contributed by atoms with Gasteiger partial charge in [-0.3, -0.25) is 9.59 Å². The summed E-state index contributed by atoms with van der Waals surface area (Å²) < 4.78 is 1.55. The van der Waals surface area contributed by atoms with Gasteiger partial charge >= 0.3 is 0 Å². The minimum absolute atomic E-state index is 0.0283. The zero-order valence-electron chi connectivity index (χ0n) is 23.9. The Bertz CT molecular complexity index is 1110. The molecular weight excluding hydrogens is 474 g/mol. The second kappa shape index (κ2) is 12.6. The molecule has 2 aliphatic rings. The lowest BCUT2D eigenvalue weighted by molar-refractivity contribution is -0.0375. The van der Waals surface area contributed by atoms with E-state index in [-0.39, 0.29) is 24.1 Å². The number of hydrogen-bond donors (Lipinski definition) is 1. The third kappa shape index (κ3) is 7.15. The van der Waals surface area contributed by atoms with Crippen molar-refractivity contribution in [1.82, 2.24) is 14.4 Å². The Hall–Kier alpha value is -2.44. The van der Waals surface area contributed by atoms with Crippen molar-refractivity contribution in [1.29, 1.82) is 0 Å². The largest absolute Gasteiger partial charge is 0.388 e. The van der Waals surface area contributed by atoms with Crippen LogP contribution in [0.5, 0.6) is 0 Å². The van der Waals surface area contributed by atoms with Gasteiger partial charge in [0.1, 0.15) is 0 Å². The number of aliphatic hydroxyl groups is 1. The van der Waals surface area contributed by atoms with Gasteiger partial charge in [0.25, 0.3) is 11.5 Å². The van der Waals surface area contributed by atoms with Crippen LogP contribution in [0.15, 0.2) is 47.4 Å². The van der Waals surface area contributed by atoms with E-state index >= 15 is 0 Å². The first kappa shape index (κ1) is 28.6. The quantitative estimate of drug-likeness (QED) is 0.478. The van der Waals surface area contributed by atoms with Gasteiger partial charge in [-0.05, 0) is 50.5 Å². The average Bonchev–Trinajstić information content (AvgIpc) is 2.91. The lowest BCUT2D eigenvalue weighted by atomic mass is 9.83. The fraction of sp³-hybridized carbons (Fsp3) is 0.625. The fourth-order valence-corrected chi connectivity index (χ4v) is 6.28. The van der Waals surface area contributed by atoms with Crippen LogP contribution in [0.2, 0.25) is 0 Å². The Morgan fingerprint density at radius 2 is 1.74 bits per heavy atom. The van der Waals surface area contributed by atoms with Crippen molar-refractivity contribution in [3.8, 4) is 11.1 Å². The summed E-state index contributed by atoms with van der Waals surface area (Å²) in [6, 6.07) is 11.2. The molecule has 38 heavy (non-hydrogen) atoms. The summed E-state index contributed by atoms with van der Waals surface area (Å²) in [5, 5.41) is 11.5. The van der Waals surface area contributed by atoms with E-state index in [4.69, 9.17) is 0 Å². The Balaban J connectivity index is 1.46. The summed E-state index contributed by atoms with van der Waals surface area (Å²) in [7, 11) is 1.79. The highest BCUT2D eigenvalue weighted by Crippen LogP contribution is 2.31. The van der Waals surface area contributed by atoms with Crippen molar-refractivity contribution < 1.29 is 9.90 Å². The molecule has 0 radical (unpaired) electrons. The van der Waals surface area contributed by atoms with Crippen LogP contribution < -0.4 is 5.56 Å². The second-order valence-electron chi connectivity index (χ2n) is 12.3. The van der Waals surface area contributed by atoms with Crippen LogP contribution in [-0.4, -0.2) is 63.7 Å². The Morgan fingerprint density at radius 3 is 2.37 bits per heavy atom. The molecule has 6 heteroatoms. The van der Waals surface area contributed by atoms with Gasteiger partial charge in [-0.2, -0.15) is 0 Å². The maximum absolute atomic E-state index is 13.4. The van der Waals surface area contributed by atoms with E-state index in [9.17, 15) is 14.7 Å². The number of piperidine rings is 1. The van der Waals surface area contributed by atoms with Crippen LogP contribution in [0.4, 0.5) is 0 Å². The van der Waals surface area contributed by atoms with Crippen molar-refractivity contribution in [3.05, 3.63) is 58.5 Å².